The predicted octanol–water partition coefficient (Wildman–Crippen LogP) is 2.80. The fourth-order valence-corrected chi connectivity index (χ4v) is 1.86. The fourth-order valence-electron chi connectivity index (χ4n) is 1.86. The van der Waals surface area contributed by atoms with Gasteiger partial charge in [-0.15, -0.1) is 0 Å². The maximum Gasteiger partial charge on any atom is 0.166 e. The molecule has 0 fully saturated rings. The summed E-state index contributed by atoms with van der Waals surface area (Å²) in [5.74, 6) is -0.637. The van der Waals surface area contributed by atoms with Crippen LogP contribution in [0.15, 0.2) is 48.6 Å². The molecule has 0 saturated carbocycles. The first-order valence-corrected chi connectivity index (χ1v) is 5.75. The number of allylic oxidation sites excluding steroid dienone is 3. The van der Waals surface area contributed by atoms with Crippen molar-refractivity contribution in [3.8, 4) is 0 Å². The molecule has 0 bridgehead atoms. The number of benzene rings is 1. The van der Waals surface area contributed by atoms with Crippen LogP contribution >= 0.6 is 0 Å². The first-order valence-electron chi connectivity index (χ1n) is 5.75. The summed E-state index contributed by atoms with van der Waals surface area (Å²) < 4.78 is 0. The molecule has 0 aromatic heterocycles. The SMILES string of the molecule is O=C1C=CCCC1C(=O)C=Cc1ccccc1. The zero-order chi connectivity index (χ0) is 12.1. The summed E-state index contributed by atoms with van der Waals surface area (Å²) in [4.78, 5) is 23.3. The molecule has 1 aliphatic carbocycles. The van der Waals surface area contributed by atoms with Gasteiger partial charge in [0.25, 0.3) is 0 Å². The van der Waals surface area contributed by atoms with Crippen molar-refractivity contribution in [3.05, 3.63) is 54.1 Å². The Hall–Kier alpha value is -1.96. The molecule has 1 aromatic rings. The fraction of sp³-hybridized carbons (Fsp3) is 0.200. The van der Waals surface area contributed by atoms with Gasteiger partial charge < -0.3 is 0 Å². The lowest BCUT2D eigenvalue weighted by molar-refractivity contribution is -0.127. The summed E-state index contributed by atoms with van der Waals surface area (Å²) in [6.07, 6.45) is 8.05. The smallest absolute Gasteiger partial charge is 0.166 e. The van der Waals surface area contributed by atoms with Crippen molar-refractivity contribution in [2.45, 2.75) is 12.8 Å². The standard InChI is InChI=1S/C15H14O2/c16-14-9-5-4-8-13(14)15(17)11-10-12-6-2-1-3-7-12/h1-3,5-7,9-11,13H,4,8H2. The van der Waals surface area contributed by atoms with Crippen LogP contribution in [0, 0.1) is 5.92 Å². The van der Waals surface area contributed by atoms with E-state index >= 15 is 0 Å². The number of hydrogen-bond acceptors (Lipinski definition) is 2. The van der Waals surface area contributed by atoms with Gasteiger partial charge in [-0.2, -0.15) is 0 Å². The Bertz CT molecular complexity index is 469. The molecule has 2 nitrogen and oxygen atoms in total. The summed E-state index contributed by atoms with van der Waals surface area (Å²) in [6, 6.07) is 9.60. The minimum Gasteiger partial charge on any atom is -0.294 e. The topological polar surface area (TPSA) is 34.1 Å². The Morgan fingerprint density at radius 1 is 1.24 bits per heavy atom. The van der Waals surface area contributed by atoms with Crippen LogP contribution in [0.3, 0.4) is 0 Å². The molecule has 1 unspecified atom stereocenters. The monoisotopic (exact) mass is 226 g/mol. The van der Waals surface area contributed by atoms with Gasteiger partial charge in [0.1, 0.15) is 0 Å². The number of rotatable bonds is 3. The molecule has 2 heteroatoms. The third-order valence-corrected chi connectivity index (χ3v) is 2.83. The maximum absolute atomic E-state index is 11.8. The van der Waals surface area contributed by atoms with E-state index in [9.17, 15) is 9.59 Å². The molecular weight excluding hydrogens is 212 g/mol. The minimum atomic E-state index is -0.472. The molecule has 0 radical (unpaired) electrons. The van der Waals surface area contributed by atoms with Gasteiger partial charge in [0.2, 0.25) is 0 Å². The molecule has 1 aromatic carbocycles. The number of carbonyl (C=O) groups excluding carboxylic acids is 2. The second-order valence-electron chi connectivity index (χ2n) is 4.08. The molecule has 2 rings (SSSR count). The third-order valence-electron chi connectivity index (χ3n) is 2.83. The van der Waals surface area contributed by atoms with Gasteiger partial charge in [-0.1, -0.05) is 42.5 Å². The van der Waals surface area contributed by atoms with Gasteiger partial charge in [0.05, 0.1) is 5.92 Å². The molecular formula is C15H14O2. The second kappa shape index (κ2) is 5.39. The molecule has 0 aliphatic heterocycles. The lowest BCUT2D eigenvalue weighted by atomic mass is 9.89. The summed E-state index contributed by atoms with van der Waals surface area (Å²) in [5.41, 5.74) is 0.972. The van der Waals surface area contributed by atoms with Crippen LogP contribution < -0.4 is 0 Å². The number of hydrogen-bond donors (Lipinski definition) is 0. The van der Waals surface area contributed by atoms with Crippen molar-refractivity contribution in [2.75, 3.05) is 0 Å². The molecule has 0 saturated heterocycles. The van der Waals surface area contributed by atoms with E-state index in [4.69, 9.17) is 0 Å². The summed E-state index contributed by atoms with van der Waals surface area (Å²) in [6.45, 7) is 0. The van der Waals surface area contributed by atoms with E-state index in [0.717, 1.165) is 12.0 Å². The van der Waals surface area contributed by atoms with Crippen LogP contribution in [-0.4, -0.2) is 11.6 Å². The summed E-state index contributed by atoms with van der Waals surface area (Å²) >= 11 is 0. The Morgan fingerprint density at radius 2 is 2.00 bits per heavy atom. The van der Waals surface area contributed by atoms with Crippen molar-refractivity contribution in [1.29, 1.82) is 0 Å². The maximum atomic E-state index is 11.8. The molecule has 0 amide bonds. The van der Waals surface area contributed by atoms with E-state index < -0.39 is 5.92 Å². The molecule has 0 N–H and O–H groups in total. The molecule has 17 heavy (non-hydrogen) atoms. The van der Waals surface area contributed by atoms with Gasteiger partial charge in [-0.05, 0) is 30.6 Å². The van der Waals surface area contributed by atoms with Crippen molar-refractivity contribution in [3.63, 3.8) is 0 Å². The molecule has 86 valence electrons. The predicted molar refractivity (Wildman–Crippen MR) is 67.4 cm³/mol. The average Bonchev–Trinajstić information content (AvgIpc) is 2.38. The van der Waals surface area contributed by atoms with Crippen LogP contribution in [-0.2, 0) is 9.59 Å². The molecule has 1 atom stereocenters. The van der Waals surface area contributed by atoms with Crippen LogP contribution in [0.4, 0.5) is 0 Å². The van der Waals surface area contributed by atoms with Gasteiger partial charge in [-0.3, -0.25) is 9.59 Å². The Morgan fingerprint density at radius 3 is 2.71 bits per heavy atom. The minimum absolute atomic E-state index is 0.0704. The van der Waals surface area contributed by atoms with Crippen LogP contribution in [0.2, 0.25) is 0 Å². The van der Waals surface area contributed by atoms with E-state index in [1.807, 2.05) is 36.4 Å². The second-order valence-corrected chi connectivity index (χ2v) is 4.08. The Kier molecular flexibility index (Phi) is 3.66. The van der Waals surface area contributed by atoms with Gasteiger partial charge in [-0.25, -0.2) is 0 Å². The van der Waals surface area contributed by atoms with Crippen molar-refractivity contribution < 1.29 is 9.59 Å². The van der Waals surface area contributed by atoms with Gasteiger partial charge in [0.15, 0.2) is 11.6 Å². The molecule has 1 aliphatic rings. The largest absolute Gasteiger partial charge is 0.294 e. The van der Waals surface area contributed by atoms with E-state index in [1.54, 1.807) is 6.08 Å². The van der Waals surface area contributed by atoms with Gasteiger partial charge >= 0.3 is 0 Å². The lowest BCUT2D eigenvalue weighted by Gasteiger charge is -2.12. The van der Waals surface area contributed by atoms with Gasteiger partial charge in [0, 0.05) is 0 Å². The molecule has 0 heterocycles. The highest BCUT2D eigenvalue weighted by atomic mass is 16.1. The summed E-state index contributed by atoms with van der Waals surface area (Å²) in [7, 11) is 0. The Labute approximate surface area is 101 Å². The average molecular weight is 226 g/mol. The highest BCUT2D eigenvalue weighted by molar-refractivity contribution is 6.12. The number of carbonyl (C=O) groups is 2. The molecule has 0 spiro atoms. The highest BCUT2D eigenvalue weighted by Gasteiger charge is 2.23. The zero-order valence-electron chi connectivity index (χ0n) is 9.50. The lowest BCUT2D eigenvalue weighted by Crippen LogP contribution is -2.22. The number of ketones is 2. The van der Waals surface area contributed by atoms with Crippen molar-refractivity contribution >= 4 is 17.6 Å². The van der Waals surface area contributed by atoms with Crippen molar-refractivity contribution in [2.24, 2.45) is 5.92 Å². The van der Waals surface area contributed by atoms with E-state index in [2.05, 4.69) is 0 Å². The quantitative estimate of drug-likeness (QED) is 0.586. The normalized spacial score (nSPS) is 19.8. The van der Waals surface area contributed by atoms with E-state index in [0.29, 0.717) is 6.42 Å². The van der Waals surface area contributed by atoms with E-state index in [1.165, 1.54) is 12.2 Å². The first kappa shape index (κ1) is 11.5. The first-order chi connectivity index (χ1) is 8.27. The van der Waals surface area contributed by atoms with E-state index in [-0.39, 0.29) is 11.6 Å². The van der Waals surface area contributed by atoms with Crippen LogP contribution in [0.1, 0.15) is 18.4 Å². The van der Waals surface area contributed by atoms with Crippen LogP contribution in [0.25, 0.3) is 6.08 Å². The highest BCUT2D eigenvalue weighted by Crippen LogP contribution is 2.17. The van der Waals surface area contributed by atoms with Crippen LogP contribution in [0.5, 0.6) is 0 Å². The third kappa shape index (κ3) is 3.00. The summed E-state index contributed by atoms with van der Waals surface area (Å²) in [5, 5.41) is 0. The Balaban J connectivity index is 2.04. The zero-order valence-corrected chi connectivity index (χ0v) is 9.50. The van der Waals surface area contributed by atoms with Crippen molar-refractivity contribution in [1.82, 2.24) is 0 Å².